The lowest BCUT2D eigenvalue weighted by molar-refractivity contribution is 0.141. The van der Waals surface area contributed by atoms with Gasteiger partial charge in [-0.05, 0) is 42.6 Å². The van der Waals surface area contributed by atoms with Crippen LogP contribution in [0.2, 0.25) is 0 Å². The quantitative estimate of drug-likeness (QED) is 0.769. The predicted molar refractivity (Wildman–Crippen MR) is 92.6 cm³/mol. The van der Waals surface area contributed by atoms with E-state index in [0.29, 0.717) is 6.42 Å². The van der Waals surface area contributed by atoms with Crippen LogP contribution in [0.4, 0.5) is 5.69 Å². The van der Waals surface area contributed by atoms with Crippen LogP contribution in [0, 0.1) is 6.92 Å². The molecule has 0 aliphatic heterocycles. The minimum atomic E-state index is -0.465. The van der Waals surface area contributed by atoms with Gasteiger partial charge < -0.3 is 10.8 Å². The predicted octanol–water partition coefficient (Wildman–Crippen LogP) is 3.52. The lowest BCUT2D eigenvalue weighted by atomic mass is 10.0. The van der Waals surface area contributed by atoms with Gasteiger partial charge in [-0.2, -0.15) is 0 Å². The molecule has 3 N–H and O–H groups in total. The van der Waals surface area contributed by atoms with Crippen molar-refractivity contribution in [3.63, 3.8) is 0 Å². The SMILES string of the molecule is CCN(CCC(O)c1ccc(C)c(N)c1)Cc1ccccc1. The highest BCUT2D eigenvalue weighted by molar-refractivity contribution is 5.48. The van der Waals surface area contributed by atoms with Crippen molar-refractivity contribution in [3.05, 3.63) is 65.2 Å². The Morgan fingerprint density at radius 2 is 1.86 bits per heavy atom. The van der Waals surface area contributed by atoms with E-state index in [1.807, 2.05) is 31.2 Å². The molecule has 3 nitrogen and oxygen atoms in total. The summed E-state index contributed by atoms with van der Waals surface area (Å²) in [6, 6.07) is 16.2. The van der Waals surface area contributed by atoms with E-state index in [2.05, 4.69) is 36.1 Å². The van der Waals surface area contributed by atoms with E-state index in [1.54, 1.807) is 0 Å². The summed E-state index contributed by atoms with van der Waals surface area (Å²) in [6.45, 7) is 6.88. The number of nitrogen functional groups attached to an aromatic ring is 1. The molecular weight excluding hydrogens is 272 g/mol. The van der Waals surface area contributed by atoms with Crippen LogP contribution >= 0.6 is 0 Å². The highest BCUT2D eigenvalue weighted by atomic mass is 16.3. The number of nitrogens with zero attached hydrogens (tertiary/aromatic N) is 1. The number of nitrogens with two attached hydrogens (primary N) is 1. The molecule has 0 aromatic heterocycles. The van der Waals surface area contributed by atoms with E-state index in [9.17, 15) is 5.11 Å². The monoisotopic (exact) mass is 298 g/mol. The Hall–Kier alpha value is -1.84. The average molecular weight is 298 g/mol. The largest absolute Gasteiger partial charge is 0.399 e. The second kappa shape index (κ2) is 7.97. The third kappa shape index (κ3) is 4.58. The maximum absolute atomic E-state index is 10.4. The lowest BCUT2D eigenvalue weighted by Gasteiger charge is -2.22. The van der Waals surface area contributed by atoms with E-state index in [-0.39, 0.29) is 0 Å². The van der Waals surface area contributed by atoms with Crippen LogP contribution in [0.3, 0.4) is 0 Å². The zero-order chi connectivity index (χ0) is 15.9. The fourth-order valence-electron chi connectivity index (χ4n) is 2.53. The van der Waals surface area contributed by atoms with Crippen molar-refractivity contribution in [3.8, 4) is 0 Å². The molecule has 0 saturated carbocycles. The number of aliphatic hydroxyl groups is 1. The molecule has 0 fully saturated rings. The molecule has 22 heavy (non-hydrogen) atoms. The molecule has 0 bridgehead atoms. The fraction of sp³-hybridized carbons (Fsp3) is 0.368. The highest BCUT2D eigenvalue weighted by Gasteiger charge is 2.11. The van der Waals surface area contributed by atoms with E-state index >= 15 is 0 Å². The maximum atomic E-state index is 10.4. The van der Waals surface area contributed by atoms with Crippen molar-refractivity contribution in [2.45, 2.75) is 32.9 Å². The third-order valence-electron chi connectivity index (χ3n) is 4.10. The lowest BCUT2D eigenvalue weighted by Crippen LogP contribution is -2.25. The number of aryl methyl sites for hydroxylation is 1. The number of anilines is 1. The van der Waals surface area contributed by atoms with Gasteiger partial charge in [0.05, 0.1) is 6.10 Å². The van der Waals surface area contributed by atoms with Gasteiger partial charge in [-0.1, -0.05) is 49.4 Å². The molecule has 1 atom stereocenters. The second-order valence-electron chi connectivity index (χ2n) is 5.77. The summed E-state index contributed by atoms with van der Waals surface area (Å²) < 4.78 is 0. The summed E-state index contributed by atoms with van der Waals surface area (Å²) in [4.78, 5) is 2.34. The molecule has 0 aliphatic rings. The van der Waals surface area contributed by atoms with E-state index < -0.39 is 6.10 Å². The van der Waals surface area contributed by atoms with Gasteiger partial charge in [0.1, 0.15) is 0 Å². The number of aliphatic hydroxyl groups excluding tert-OH is 1. The zero-order valence-corrected chi connectivity index (χ0v) is 13.5. The molecule has 0 aliphatic carbocycles. The Labute approximate surface area is 133 Å². The summed E-state index contributed by atoms with van der Waals surface area (Å²) in [5.74, 6) is 0. The van der Waals surface area contributed by atoms with Crippen LogP contribution < -0.4 is 5.73 Å². The first-order valence-electron chi connectivity index (χ1n) is 7.90. The Morgan fingerprint density at radius 1 is 1.14 bits per heavy atom. The molecular formula is C19H26N2O. The van der Waals surface area contributed by atoms with Gasteiger partial charge in [0.25, 0.3) is 0 Å². The molecule has 1 unspecified atom stereocenters. The van der Waals surface area contributed by atoms with Gasteiger partial charge in [-0.15, -0.1) is 0 Å². The number of hydrogen-bond donors (Lipinski definition) is 2. The van der Waals surface area contributed by atoms with Crippen LogP contribution in [0.25, 0.3) is 0 Å². The van der Waals surface area contributed by atoms with Crippen molar-refractivity contribution >= 4 is 5.69 Å². The molecule has 2 aromatic rings. The van der Waals surface area contributed by atoms with Gasteiger partial charge in [0.2, 0.25) is 0 Å². The van der Waals surface area contributed by atoms with Crippen molar-refractivity contribution in [2.24, 2.45) is 0 Å². The van der Waals surface area contributed by atoms with Crippen LogP contribution in [0.1, 0.15) is 36.1 Å². The molecule has 2 rings (SSSR count). The first-order chi connectivity index (χ1) is 10.6. The first kappa shape index (κ1) is 16.5. The molecule has 3 heteroatoms. The number of rotatable bonds is 7. The van der Waals surface area contributed by atoms with Gasteiger partial charge in [0, 0.05) is 18.8 Å². The molecule has 0 spiro atoms. The minimum Gasteiger partial charge on any atom is -0.399 e. The standard InChI is InChI=1S/C19H26N2O/c1-3-21(14-16-7-5-4-6-8-16)12-11-19(22)17-10-9-15(2)18(20)13-17/h4-10,13,19,22H,3,11-12,14,20H2,1-2H3. The molecule has 0 heterocycles. The normalized spacial score (nSPS) is 12.5. The van der Waals surface area contributed by atoms with E-state index in [4.69, 9.17) is 5.73 Å². The highest BCUT2D eigenvalue weighted by Crippen LogP contribution is 2.22. The van der Waals surface area contributed by atoms with Gasteiger partial charge >= 0.3 is 0 Å². The smallest absolute Gasteiger partial charge is 0.0803 e. The Kier molecular flexibility index (Phi) is 5.99. The van der Waals surface area contributed by atoms with Crippen LogP contribution in [-0.4, -0.2) is 23.1 Å². The fourth-order valence-corrected chi connectivity index (χ4v) is 2.53. The Morgan fingerprint density at radius 3 is 2.50 bits per heavy atom. The first-order valence-corrected chi connectivity index (χ1v) is 7.90. The van der Waals surface area contributed by atoms with Crippen LogP contribution in [0.5, 0.6) is 0 Å². The van der Waals surface area contributed by atoms with Gasteiger partial charge in [-0.3, -0.25) is 4.90 Å². The summed E-state index contributed by atoms with van der Waals surface area (Å²) in [5, 5.41) is 10.4. The summed E-state index contributed by atoms with van der Waals surface area (Å²) in [7, 11) is 0. The number of benzene rings is 2. The summed E-state index contributed by atoms with van der Waals surface area (Å²) >= 11 is 0. The van der Waals surface area contributed by atoms with E-state index in [1.165, 1.54) is 5.56 Å². The van der Waals surface area contributed by atoms with Crippen LogP contribution in [-0.2, 0) is 6.54 Å². The molecule has 0 saturated heterocycles. The number of hydrogen-bond acceptors (Lipinski definition) is 3. The van der Waals surface area contributed by atoms with Crippen molar-refractivity contribution in [2.75, 3.05) is 18.8 Å². The average Bonchev–Trinajstić information content (AvgIpc) is 2.54. The maximum Gasteiger partial charge on any atom is 0.0803 e. The second-order valence-corrected chi connectivity index (χ2v) is 5.77. The minimum absolute atomic E-state index is 0.465. The Bertz CT molecular complexity index is 583. The van der Waals surface area contributed by atoms with Crippen molar-refractivity contribution in [1.29, 1.82) is 0 Å². The van der Waals surface area contributed by atoms with Crippen molar-refractivity contribution in [1.82, 2.24) is 4.90 Å². The van der Waals surface area contributed by atoms with Crippen LogP contribution in [0.15, 0.2) is 48.5 Å². The van der Waals surface area contributed by atoms with Gasteiger partial charge in [-0.25, -0.2) is 0 Å². The molecule has 0 amide bonds. The topological polar surface area (TPSA) is 49.5 Å². The summed E-state index contributed by atoms with van der Waals surface area (Å²) in [6.07, 6.45) is 0.246. The zero-order valence-electron chi connectivity index (χ0n) is 13.5. The molecule has 0 radical (unpaired) electrons. The third-order valence-corrected chi connectivity index (χ3v) is 4.10. The molecule has 118 valence electrons. The molecule has 2 aromatic carbocycles. The van der Waals surface area contributed by atoms with E-state index in [0.717, 1.165) is 36.4 Å². The van der Waals surface area contributed by atoms with Crippen molar-refractivity contribution < 1.29 is 5.11 Å². The summed E-state index contributed by atoms with van der Waals surface area (Å²) in [5.41, 5.74) is 9.92. The Balaban J connectivity index is 1.90. The van der Waals surface area contributed by atoms with Gasteiger partial charge in [0.15, 0.2) is 0 Å².